The first kappa shape index (κ1) is 19.3. The number of amides is 1. The lowest BCUT2D eigenvalue weighted by Crippen LogP contribution is -2.19. The molecule has 2 aromatic carbocycles. The van der Waals surface area contributed by atoms with E-state index in [1.807, 2.05) is 48.5 Å². The fourth-order valence-corrected chi connectivity index (χ4v) is 3.12. The van der Waals surface area contributed by atoms with Crippen LogP contribution in [0.1, 0.15) is 11.1 Å². The Hall–Kier alpha value is -2.05. The zero-order valence-electron chi connectivity index (χ0n) is 13.7. The molecule has 0 saturated heterocycles. The summed E-state index contributed by atoms with van der Waals surface area (Å²) in [5, 5.41) is 3.97. The van der Waals surface area contributed by atoms with E-state index in [9.17, 15) is 4.79 Å². The van der Waals surface area contributed by atoms with Gasteiger partial charge in [0, 0.05) is 10.2 Å². The smallest absolute Gasteiger partial charge is 0.250 e. The number of hydrazone groups is 1. The summed E-state index contributed by atoms with van der Waals surface area (Å²) in [6.07, 6.45) is 3.30. The second kappa shape index (κ2) is 10.7. The number of hydrogen-bond donors (Lipinski definition) is 1. The third-order valence-corrected chi connectivity index (χ3v) is 4.54. The Bertz CT molecular complexity index is 732. The molecule has 0 fully saturated rings. The van der Waals surface area contributed by atoms with E-state index in [4.69, 9.17) is 4.74 Å². The molecule has 0 saturated carbocycles. The van der Waals surface area contributed by atoms with Crippen LogP contribution in [0.3, 0.4) is 0 Å². The average Bonchev–Trinajstić information content (AvgIpc) is 2.61. The Labute approximate surface area is 160 Å². The van der Waals surface area contributed by atoms with Crippen molar-refractivity contribution >= 4 is 39.8 Å². The molecular formula is C19H19BrN2O2S. The number of rotatable bonds is 9. The Morgan fingerprint density at radius 2 is 2.08 bits per heavy atom. The van der Waals surface area contributed by atoms with Gasteiger partial charge >= 0.3 is 0 Å². The van der Waals surface area contributed by atoms with Crippen molar-refractivity contribution in [3.8, 4) is 5.75 Å². The summed E-state index contributed by atoms with van der Waals surface area (Å²) in [6.45, 7) is 4.08. The normalized spacial score (nSPS) is 10.6. The molecule has 2 rings (SSSR count). The molecule has 0 bridgehead atoms. The highest BCUT2D eigenvalue weighted by molar-refractivity contribution is 9.10. The van der Waals surface area contributed by atoms with Gasteiger partial charge in [0.25, 0.3) is 0 Å². The fraction of sp³-hybridized carbons (Fsp3) is 0.158. The first-order valence-corrected chi connectivity index (χ1v) is 9.60. The largest absolute Gasteiger partial charge is 0.490 e. The summed E-state index contributed by atoms with van der Waals surface area (Å²) in [5.74, 6) is 1.79. The Kier molecular flexibility index (Phi) is 8.28. The Morgan fingerprint density at radius 3 is 2.80 bits per heavy atom. The van der Waals surface area contributed by atoms with Gasteiger partial charge in [-0.05, 0) is 47.5 Å². The van der Waals surface area contributed by atoms with Gasteiger partial charge < -0.3 is 4.74 Å². The molecule has 25 heavy (non-hydrogen) atoms. The van der Waals surface area contributed by atoms with Crippen molar-refractivity contribution in [2.45, 2.75) is 5.75 Å². The summed E-state index contributed by atoms with van der Waals surface area (Å²) >= 11 is 4.98. The molecule has 4 nitrogen and oxygen atoms in total. The first-order valence-electron chi connectivity index (χ1n) is 7.65. The average molecular weight is 419 g/mol. The third kappa shape index (κ3) is 7.58. The minimum atomic E-state index is -0.123. The van der Waals surface area contributed by atoms with Gasteiger partial charge in [-0.25, -0.2) is 5.43 Å². The second-order valence-corrected chi connectivity index (χ2v) is 6.99. The van der Waals surface area contributed by atoms with Gasteiger partial charge in [0.1, 0.15) is 12.4 Å². The lowest BCUT2D eigenvalue weighted by molar-refractivity contribution is -0.118. The van der Waals surface area contributed by atoms with Crippen molar-refractivity contribution < 1.29 is 9.53 Å². The number of benzene rings is 2. The molecular weight excluding hydrogens is 400 g/mol. The van der Waals surface area contributed by atoms with Crippen molar-refractivity contribution in [1.82, 2.24) is 5.43 Å². The lowest BCUT2D eigenvalue weighted by Gasteiger charge is -2.03. The number of nitrogens with one attached hydrogen (secondary N) is 1. The molecule has 0 radical (unpaired) electrons. The zero-order valence-corrected chi connectivity index (χ0v) is 16.1. The standard InChI is InChI=1S/C19H19BrN2O2S/c1-2-10-24-18-8-6-15(7-9-18)12-21-22-19(23)14-25-13-16-4-3-5-17(20)11-16/h2-9,11-12H,1,10,13-14H2,(H,22,23). The molecule has 1 N–H and O–H groups in total. The second-order valence-electron chi connectivity index (χ2n) is 5.08. The molecule has 0 spiro atoms. The van der Waals surface area contributed by atoms with Crippen LogP contribution in [0.5, 0.6) is 5.75 Å². The van der Waals surface area contributed by atoms with Gasteiger partial charge in [-0.1, -0.05) is 40.7 Å². The molecule has 2 aromatic rings. The molecule has 0 heterocycles. The van der Waals surface area contributed by atoms with Gasteiger partial charge in [0.05, 0.1) is 12.0 Å². The van der Waals surface area contributed by atoms with E-state index in [1.54, 1.807) is 24.1 Å². The van der Waals surface area contributed by atoms with Crippen molar-refractivity contribution in [3.63, 3.8) is 0 Å². The predicted octanol–water partition coefficient (Wildman–Crippen LogP) is 4.40. The highest BCUT2D eigenvalue weighted by atomic mass is 79.9. The van der Waals surface area contributed by atoms with E-state index in [0.717, 1.165) is 21.5 Å². The molecule has 0 atom stereocenters. The molecule has 6 heteroatoms. The van der Waals surface area contributed by atoms with E-state index in [2.05, 4.69) is 33.0 Å². The maximum atomic E-state index is 11.8. The first-order chi connectivity index (χ1) is 12.2. The summed E-state index contributed by atoms with van der Waals surface area (Å²) in [4.78, 5) is 11.8. The number of thioether (sulfide) groups is 1. The molecule has 0 aliphatic rings. The monoisotopic (exact) mass is 418 g/mol. The SMILES string of the molecule is C=CCOc1ccc(C=NNC(=O)CSCc2cccc(Br)c2)cc1. The van der Waals surface area contributed by atoms with Crippen LogP contribution < -0.4 is 10.2 Å². The number of ether oxygens (including phenoxy) is 1. The van der Waals surface area contributed by atoms with E-state index >= 15 is 0 Å². The minimum absolute atomic E-state index is 0.123. The van der Waals surface area contributed by atoms with Crippen LogP contribution >= 0.6 is 27.7 Å². The number of halogens is 1. The molecule has 0 aliphatic carbocycles. The van der Waals surface area contributed by atoms with Gasteiger partial charge in [-0.15, -0.1) is 11.8 Å². The zero-order chi connectivity index (χ0) is 17.9. The number of nitrogens with zero attached hydrogens (tertiary/aromatic N) is 1. The molecule has 0 aromatic heterocycles. The van der Waals surface area contributed by atoms with Crippen molar-refractivity contribution in [2.24, 2.45) is 5.10 Å². The molecule has 1 amide bonds. The Balaban J connectivity index is 1.70. The van der Waals surface area contributed by atoms with Crippen molar-refractivity contribution in [3.05, 3.63) is 76.8 Å². The number of hydrogen-bond acceptors (Lipinski definition) is 4. The number of carbonyl (C=O) groups excluding carboxylic acids is 1. The summed E-state index contributed by atoms with van der Waals surface area (Å²) in [5.41, 5.74) is 4.59. The highest BCUT2D eigenvalue weighted by Gasteiger charge is 2.01. The molecule has 0 unspecified atom stereocenters. The van der Waals surface area contributed by atoms with Gasteiger partial charge in [-0.2, -0.15) is 5.10 Å². The van der Waals surface area contributed by atoms with Crippen LogP contribution in [0, 0.1) is 0 Å². The maximum absolute atomic E-state index is 11.8. The van der Waals surface area contributed by atoms with E-state index < -0.39 is 0 Å². The summed E-state index contributed by atoms with van der Waals surface area (Å²) < 4.78 is 6.45. The topological polar surface area (TPSA) is 50.7 Å². The maximum Gasteiger partial charge on any atom is 0.250 e. The van der Waals surface area contributed by atoms with Crippen LogP contribution in [-0.4, -0.2) is 24.5 Å². The molecule has 130 valence electrons. The van der Waals surface area contributed by atoms with Gasteiger partial charge in [-0.3, -0.25) is 4.79 Å². The minimum Gasteiger partial charge on any atom is -0.490 e. The van der Waals surface area contributed by atoms with Crippen molar-refractivity contribution in [1.29, 1.82) is 0 Å². The number of carbonyl (C=O) groups is 1. The lowest BCUT2D eigenvalue weighted by atomic mass is 10.2. The predicted molar refractivity (Wildman–Crippen MR) is 108 cm³/mol. The quantitative estimate of drug-likeness (QED) is 0.373. The summed E-state index contributed by atoms with van der Waals surface area (Å²) in [7, 11) is 0. The van der Waals surface area contributed by atoms with Crippen LogP contribution in [0.2, 0.25) is 0 Å². The van der Waals surface area contributed by atoms with E-state index in [0.29, 0.717) is 12.4 Å². The molecule has 0 aliphatic heterocycles. The van der Waals surface area contributed by atoms with E-state index in [-0.39, 0.29) is 5.91 Å². The van der Waals surface area contributed by atoms with Crippen LogP contribution in [-0.2, 0) is 10.5 Å². The highest BCUT2D eigenvalue weighted by Crippen LogP contribution is 2.16. The van der Waals surface area contributed by atoms with Crippen molar-refractivity contribution in [2.75, 3.05) is 12.4 Å². The van der Waals surface area contributed by atoms with E-state index in [1.165, 1.54) is 5.56 Å². The van der Waals surface area contributed by atoms with Crippen LogP contribution in [0.15, 0.2) is 70.8 Å². The third-order valence-electron chi connectivity index (χ3n) is 3.04. The fourth-order valence-electron chi connectivity index (χ4n) is 1.90. The van der Waals surface area contributed by atoms with Gasteiger partial charge in [0.15, 0.2) is 0 Å². The van der Waals surface area contributed by atoms with Gasteiger partial charge in [0.2, 0.25) is 5.91 Å². The summed E-state index contributed by atoms with van der Waals surface area (Å²) in [6, 6.07) is 15.5. The Morgan fingerprint density at radius 1 is 1.28 bits per heavy atom. The van der Waals surface area contributed by atoms with Crippen LogP contribution in [0.4, 0.5) is 0 Å². The van der Waals surface area contributed by atoms with Crippen LogP contribution in [0.25, 0.3) is 0 Å².